The number of anilines is 2. The lowest BCUT2D eigenvalue weighted by molar-refractivity contribution is 0.436. The monoisotopic (exact) mass is 660 g/mol. The van der Waals surface area contributed by atoms with Gasteiger partial charge in [-0.25, -0.2) is 4.98 Å². The molecular formula is C43H73N5. The number of pyridine rings is 1. The molecule has 0 saturated carbocycles. The largest absolute Gasteiger partial charge is 0.346 e. The summed E-state index contributed by atoms with van der Waals surface area (Å²) in [6.07, 6.45) is 47.4. The predicted octanol–water partition coefficient (Wildman–Crippen LogP) is 13.2. The Bertz CT molecular complexity index is 874. The van der Waals surface area contributed by atoms with Crippen molar-refractivity contribution in [1.29, 1.82) is 0 Å². The first-order valence-electron chi connectivity index (χ1n) is 20.8. The number of nitrogens with zero attached hydrogens (tertiary/aromatic N) is 5. The van der Waals surface area contributed by atoms with Crippen LogP contribution < -0.4 is 9.80 Å². The number of hydrogen-bond acceptors (Lipinski definition) is 5. The predicted molar refractivity (Wildman–Crippen MR) is 208 cm³/mol. The summed E-state index contributed by atoms with van der Waals surface area (Å²) in [5, 5.41) is 0. The van der Waals surface area contributed by atoms with Crippen molar-refractivity contribution in [1.82, 2.24) is 14.8 Å². The molecule has 1 aromatic rings. The van der Waals surface area contributed by atoms with Gasteiger partial charge in [-0.3, -0.25) is 9.80 Å². The molecule has 0 saturated heterocycles. The molecule has 2 aliphatic rings. The van der Waals surface area contributed by atoms with Crippen LogP contribution in [0.2, 0.25) is 0 Å². The lowest BCUT2D eigenvalue weighted by Gasteiger charge is -2.21. The Labute approximate surface area is 298 Å². The minimum atomic E-state index is 0.896. The summed E-state index contributed by atoms with van der Waals surface area (Å²) >= 11 is 0. The van der Waals surface area contributed by atoms with Gasteiger partial charge in [-0.1, -0.05) is 187 Å². The van der Waals surface area contributed by atoms with Crippen molar-refractivity contribution in [2.24, 2.45) is 0 Å². The standard InChI is InChI=1S/C43H73N5/c1-3-5-7-9-11-13-15-17-19-21-23-25-27-29-34-45-36-38-47(40-45)42-32-31-33-43(44-42)48-39-37-46(41-48)35-30-28-26-24-22-20-18-16-14-12-10-8-6-4-2/h31-33,36-39H,3-30,34-35H2,1-2H3. The van der Waals surface area contributed by atoms with Gasteiger partial charge in [0.05, 0.1) is 0 Å². The third-order valence-electron chi connectivity index (χ3n) is 9.98. The highest BCUT2D eigenvalue weighted by atomic mass is 15.4. The molecular weight excluding hydrogens is 587 g/mol. The van der Waals surface area contributed by atoms with Crippen LogP contribution in [0, 0.1) is 13.3 Å². The van der Waals surface area contributed by atoms with Gasteiger partial charge in [-0.05, 0) is 25.0 Å². The third kappa shape index (κ3) is 18.6. The second-order valence-corrected chi connectivity index (χ2v) is 14.5. The zero-order valence-corrected chi connectivity index (χ0v) is 31.5. The number of aromatic nitrogens is 1. The Morgan fingerprint density at radius 3 is 1.00 bits per heavy atom. The third-order valence-corrected chi connectivity index (χ3v) is 9.98. The molecule has 3 heterocycles. The average Bonchev–Trinajstić information content (AvgIpc) is 3.79. The summed E-state index contributed by atoms with van der Waals surface area (Å²) in [6.45, 7) is 13.6. The topological polar surface area (TPSA) is 25.9 Å². The lowest BCUT2D eigenvalue weighted by Crippen LogP contribution is -2.22. The van der Waals surface area contributed by atoms with Gasteiger partial charge in [0.15, 0.2) is 0 Å². The highest BCUT2D eigenvalue weighted by Gasteiger charge is 2.20. The van der Waals surface area contributed by atoms with E-state index in [1.165, 1.54) is 180 Å². The number of rotatable bonds is 32. The van der Waals surface area contributed by atoms with Crippen LogP contribution in [0.4, 0.5) is 11.6 Å². The van der Waals surface area contributed by atoms with Crippen LogP contribution in [0.25, 0.3) is 0 Å². The van der Waals surface area contributed by atoms with Crippen LogP contribution in [-0.4, -0.2) is 27.9 Å². The molecule has 4 radical (unpaired) electrons. The molecule has 0 fully saturated rings. The van der Waals surface area contributed by atoms with E-state index in [4.69, 9.17) is 4.98 Å². The first-order valence-corrected chi connectivity index (χ1v) is 20.8. The Hall–Kier alpha value is -2.17. The van der Waals surface area contributed by atoms with Crippen LogP contribution in [0.15, 0.2) is 43.0 Å². The fraction of sp³-hybridized carbons (Fsp3) is 0.744. The van der Waals surface area contributed by atoms with Gasteiger partial charge >= 0.3 is 0 Å². The number of hydrogen-bond donors (Lipinski definition) is 0. The van der Waals surface area contributed by atoms with Crippen molar-refractivity contribution in [2.45, 2.75) is 194 Å². The Morgan fingerprint density at radius 2 is 0.688 bits per heavy atom. The second kappa shape index (κ2) is 27.6. The Kier molecular flexibility index (Phi) is 23.2. The van der Waals surface area contributed by atoms with Gasteiger partial charge in [-0.15, -0.1) is 0 Å². The van der Waals surface area contributed by atoms with Crippen molar-refractivity contribution < 1.29 is 0 Å². The zero-order chi connectivity index (χ0) is 33.7. The molecule has 5 heteroatoms. The highest BCUT2D eigenvalue weighted by Crippen LogP contribution is 2.26. The van der Waals surface area contributed by atoms with E-state index in [1.54, 1.807) is 0 Å². The van der Waals surface area contributed by atoms with Gasteiger partial charge < -0.3 is 9.80 Å². The van der Waals surface area contributed by atoms with E-state index in [9.17, 15) is 0 Å². The smallest absolute Gasteiger partial charge is 0.214 e. The molecule has 5 nitrogen and oxygen atoms in total. The van der Waals surface area contributed by atoms with E-state index in [0.717, 1.165) is 24.7 Å². The van der Waals surface area contributed by atoms with Gasteiger partial charge in [0.25, 0.3) is 0 Å². The van der Waals surface area contributed by atoms with Crippen molar-refractivity contribution in [3.05, 3.63) is 56.3 Å². The fourth-order valence-corrected chi connectivity index (χ4v) is 6.84. The Morgan fingerprint density at radius 1 is 0.396 bits per heavy atom. The van der Waals surface area contributed by atoms with Gasteiger partial charge in [0.1, 0.15) is 11.6 Å². The van der Waals surface area contributed by atoms with Crippen LogP contribution in [-0.2, 0) is 0 Å². The summed E-state index contributed by atoms with van der Waals surface area (Å²) < 4.78 is 0. The van der Waals surface area contributed by atoms with Crippen molar-refractivity contribution in [3.8, 4) is 0 Å². The molecule has 270 valence electrons. The molecule has 1 aromatic heterocycles. The molecule has 0 atom stereocenters. The second-order valence-electron chi connectivity index (χ2n) is 14.5. The van der Waals surface area contributed by atoms with E-state index in [-0.39, 0.29) is 0 Å². The molecule has 0 bridgehead atoms. The lowest BCUT2D eigenvalue weighted by atomic mass is 10.0. The van der Waals surface area contributed by atoms with Crippen molar-refractivity contribution in [2.75, 3.05) is 22.9 Å². The van der Waals surface area contributed by atoms with Crippen molar-refractivity contribution in [3.63, 3.8) is 0 Å². The molecule has 48 heavy (non-hydrogen) atoms. The maximum absolute atomic E-state index is 4.92. The normalized spacial score (nSPS) is 14.4. The van der Waals surface area contributed by atoms with E-state index < -0.39 is 0 Å². The quantitative estimate of drug-likeness (QED) is 0.0717. The van der Waals surface area contributed by atoms with Crippen LogP contribution >= 0.6 is 0 Å². The van der Waals surface area contributed by atoms with E-state index in [1.807, 2.05) is 9.80 Å². The fourth-order valence-electron chi connectivity index (χ4n) is 6.84. The first-order chi connectivity index (χ1) is 23.8. The van der Waals surface area contributed by atoms with Crippen LogP contribution in [0.1, 0.15) is 194 Å². The zero-order valence-electron chi connectivity index (χ0n) is 31.5. The van der Waals surface area contributed by atoms with Gasteiger partial charge in [-0.2, -0.15) is 0 Å². The SMILES string of the molecule is CCCCCCCCCCCCCCCCN1[C]N(c2cccc(N3[C]N(CCCCCCCCCCCCCCCC)C=C3)n2)C=C1. The minimum absolute atomic E-state index is 0.896. The molecule has 0 aliphatic carbocycles. The van der Waals surface area contributed by atoms with E-state index in [0.29, 0.717) is 0 Å². The van der Waals surface area contributed by atoms with Crippen LogP contribution in [0.3, 0.4) is 0 Å². The molecule has 2 aliphatic heterocycles. The first kappa shape index (κ1) is 40.3. The molecule has 0 aromatic carbocycles. The summed E-state index contributed by atoms with van der Waals surface area (Å²) in [5.41, 5.74) is 0. The summed E-state index contributed by atoms with van der Waals surface area (Å²) in [4.78, 5) is 13.3. The summed E-state index contributed by atoms with van der Waals surface area (Å²) in [5.74, 6) is 1.79. The van der Waals surface area contributed by atoms with E-state index in [2.05, 4.69) is 80.0 Å². The molecule has 3 rings (SSSR count). The maximum Gasteiger partial charge on any atom is 0.214 e. The maximum atomic E-state index is 4.92. The van der Waals surface area contributed by atoms with Crippen molar-refractivity contribution >= 4 is 11.6 Å². The van der Waals surface area contributed by atoms with Crippen LogP contribution in [0.5, 0.6) is 0 Å². The molecule has 0 N–H and O–H groups in total. The molecule has 0 amide bonds. The molecule has 0 unspecified atom stereocenters. The van der Waals surface area contributed by atoms with E-state index >= 15 is 0 Å². The van der Waals surface area contributed by atoms with Gasteiger partial charge in [0, 0.05) is 37.9 Å². The highest BCUT2D eigenvalue weighted by molar-refractivity contribution is 5.55. The summed E-state index contributed by atoms with van der Waals surface area (Å²) in [7, 11) is 0. The van der Waals surface area contributed by atoms with Gasteiger partial charge in [0.2, 0.25) is 13.3 Å². The average molecular weight is 660 g/mol. The molecule has 0 spiro atoms. The minimum Gasteiger partial charge on any atom is -0.346 e. The number of unbranched alkanes of at least 4 members (excludes halogenated alkanes) is 26. The summed E-state index contributed by atoms with van der Waals surface area (Å²) in [6, 6.07) is 6.20. The Balaban J connectivity index is 1.15.